The molecule has 138 valence electrons. The van der Waals surface area contributed by atoms with Crippen molar-refractivity contribution in [3.63, 3.8) is 0 Å². The van der Waals surface area contributed by atoms with Gasteiger partial charge < -0.3 is 22.2 Å². The second-order valence-corrected chi connectivity index (χ2v) is 7.12. The fourth-order valence-electron chi connectivity index (χ4n) is 3.82. The standard InChI is InChI=1S/C18H22F2N6/c19-12-7-13(20)9-15(8-12)24-16-10-18(22,11-1-3-14(21)4-2-11)25-26-6-5-23-17(16)26/h5-11,14,24-25H,1-4,21-22H2. The Morgan fingerprint density at radius 3 is 2.54 bits per heavy atom. The van der Waals surface area contributed by atoms with Gasteiger partial charge in [0.05, 0.1) is 5.70 Å². The van der Waals surface area contributed by atoms with Crippen molar-refractivity contribution in [3.8, 4) is 0 Å². The van der Waals surface area contributed by atoms with Crippen molar-refractivity contribution in [1.29, 1.82) is 0 Å². The Labute approximate surface area is 150 Å². The van der Waals surface area contributed by atoms with Gasteiger partial charge in [0.15, 0.2) is 5.82 Å². The minimum absolute atomic E-state index is 0.193. The first-order valence-corrected chi connectivity index (χ1v) is 8.75. The molecule has 0 radical (unpaired) electrons. The van der Waals surface area contributed by atoms with Crippen molar-refractivity contribution in [2.45, 2.75) is 37.4 Å². The van der Waals surface area contributed by atoms with Crippen LogP contribution in [0.15, 0.2) is 36.7 Å². The summed E-state index contributed by atoms with van der Waals surface area (Å²) >= 11 is 0. The van der Waals surface area contributed by atoms with Crippen LogP contribution in [-0.2, 0) is 0 Å². The number of benzene rings is 1. The van der Waals surface area contributed by atoms with Crippen molar-refractivity contribution >= 4 is 11.4 Å². The van der Waals surface area contributed by atoms with Gasteiger partial charge in [0.1, 0.15) is 17.3 Å². The highest BCUT2D eigenvalue weighted by molar-refractivity contribution is 5.76. The molecule has 1 aliphatic heterocycles. The number of hydrogen-bond donors (Lipinski definition) is 4. The molecule has 1 unspecified atom stereocenters. The topological polar surface area (TPSA) is 93.9 Å². The minimum atomic E-state index is -0.804. The first-order valence-electron chi connectivity index (χ1n) is 8.75. The molecule has 0 bridgehead atoms. The van der Waals surface area contributed by atoms with Crippen molar-refractivity contribution in [1.82, 2.24) is 9.66 Å². The summed E-state index contributed by atoms with van der Waals surface area (Å²) in [4.78, 5) is 4.31. The van der Waals surface area contributed by atoms with Gasteiger partial charge in [-0.2, -0.15) is 0 Å². The third-order valence-corrected chi connectivity index (χ3v) is 5.17. The van der Waals surface area contributed by atoms with Crippen LogP contribution >= 0.6 is 0 Å². The number of aromatic nitrogens is 2. The Hall–Kier alpha value is -2.45. The monoisotopic (exact) mass is 360 g/mol. The third-order valence-electron chi connectivity index (χ3n) is 5.17. The molecule has 2 aromatic rings. The number of nitrogens with one attached hydrogen (secondary N) is 2. The minimum Gasteiger partial charge on any atom is -0.352 e. The second-order valence-electron chi connectivity index (χ2n) is 7.12. The van der Waals surface area contributed by atoms with Crippen LogP contribution in [0, 0.1) is 17.6 Å². The molecule has 1 aromatic carbocycles. The zero-order valence-electron chi connectivity index (χ0n) is 14.3. The lowest BCUT2D eigenvalue weighted by molar-refractivity contribution is 0.239. The summed E-state index contributed by atoms with van der Waals surface area (Å²) in [5, 5.41) is 3.06. The van der Waals surface area contributed by atoms with Gasteiger partial charge in [-0.1, -0.05) is 0 Å². The zero-order chi connectivity index (χ0) is 18.3. The van der Waals surface area contributed by atoms with Crippen LogP contribution in [0.5, 0.6) is 0 Å². The predicted molar refractivity (Wildman–Crippen MR) is 96.4 cm³/mol. The maximum absolute atomic E-state index is 13.5. The fraction of sp³-hybridized carbons (Fsp3) is 0.389. The molecule has 2 aliphatic rings. The first-order chi connectivity index (χ1) is 12.4. The van der Waals surface area contributed by atoms with E-state index in [9.17, 15) is 8.78 Å². The molecule has 4 rings (SSSR count). The Morgan fingerprint density at radius 1 is 1.15 bits per heavy atom. The van der Waals surface area contributed by atoms with Crippen molar-refractivity contribution in [2.75, 3.05) is 10.7 Å². The van der Waals surface area contributed by atoms with Crippen LogP contribution in [0.25, 0.3) is 5.70 Å². The number of nitrogens with zero attached hydrogens (tertiary/aromatic N) is 2. The molecule has 8 heteroatoms. The van der Waals surface area contributed by atoms with E-state index in [4.69, 9.17) is 11.5 Å². The summed E-state index contributed by atoms with van der Waals surface area (Å²) in [7, 11) is 0. The molecule has 1 saturated carbocycles. The molecule has 0 spiro atoms. The number of anilines is 1. The van der Waals surface area contributed by atoms with Gasteiger partial charge >= 0.3 is 0 Å². The molecule has 6 nitrogen and oxygen atoms in total. The average molecular weight is 360 g/mol. The summed E-state index contributed by atoms with van der Waals surface area (Å²) in [6, 6.07) is 3.52. The molecular weight excluding hydrogens is 338 g/mol. The van der Waals surface area contributed by atoms with Gasteiger partial charge in [-0.15, -0.1) is 0 Å². The predicted octanol–water partition coefficient (Wildman–Crippen LogP) is 2.34. The van der Waals surface area contributed by atoms with Gasteiger partial charge in [0, 0.05) is 36.1 Å². The largest absolute Gasteiger partial charge is 0.352 e. The molecule has 6 N–H and O–H groups in total. The molecule has 1 aliphatic carbocycles. The Morgan fingerprint density at radius 2 is 1.85 bits per heavy atom. The molecule has 26 heavy (non-hydrogen) atoms. The van der Waals surface area contributed by atoms with Gasteiger partial charge in [-0.3, -0.25) is 0 Å². The highest BCUT2D eigenvalue weighted by Crippen LogP contribution is 2.35. The van der Waals surface area contributed by atoms with Crippen molar-refractivity contribution in [2.24, 2.45) is 17.4 Å². The molecule has 0 amide bonds. The molecule has 2 heterocycles. The van der Waals surface area contributed by atoms with Gasteiger partial charge in [-0.05, 0) is 43.9 Å². The molecule has 1 aromatic heterocycles. The second kappa shape index (κ2) is 6.37. The first kappa shape index (κ1) is 17.0. The van der Waals surface area contributed by atoms with Crippen LogP contribution in [0.4, 0.5) is 14.5 Å². The van der Waals surface area contributed by atoms with Gasteiger partial charge in [0.2, 0.25) is 0 Å². The van der Waals surface area contributed by atoms with Gasteiger partial charge in [-0.25, -0.2) is 18.4 Å². The van der Waals surface area contributed by atoms with Crippen LogP contribution < -0.4 is 22.2 Å². The molecular formula is C18H22F2N6. The van der Waals surface area contributed by atoms with E-state index in [-0.39, 0.29) is 12.0 Å². The van der Waals surface area contributed by atoms with E-state index < -0.39 is 17.3 Å². The van der Waals surface area contributed by atoms with Crippen molar-refractivity contribution in [3.05, 3.63) is 54.1 Å². The van der Waals surface area contributed by atoms with Crippen molar-refractivity contribution < 1.29 is 8.78 Å². The Kier molecular flexibility index (Phi) is 4.16. The lowest BCUT2D eigenvalue weighted by atomic mass is 9.78. The van der Waals surface area contributed by atoms with E-state index in [0.717, 1.165) is 31.7 Å². The third kappa shape index (κ3) is 3.17. The maximum atomic E-state index is 13.5. The van der Waals surface area contributed by atoms with E-state index in [1.54, 1.807) is 17.1 Å². The SMILES string of the molecule is NC1CCC(C2(N)C=C(Nc3cc(F)cc(F)c3)c3nccn3N2)CC1. The summed E-state index contributed by atoms with van der Waals surface area (Å²) in [6.45, 7) is 0. The number of fused-ring (bicyclic) bond motifs is 1. The number of rotatable bonds is 3. The van der Waals surface area contributed by atoms with E-state index in [1.165, 1.54) is 12.1 Å². The summed E-state index contributed by atoms with van der Waals surface area (Å²) in [5.74, 6) is -0.501. The number of nitrogens with two attached hydrogens (primary N) is 2. The van der Waals surface area contributed by atoms with E-state index in [1.807, 2.05) is 6.08 Å². The summed E-state index contributed by atoms with van der Waals surface area (Å²) in [5.41, 5.74) is 16.1. The summed E-state index contributed by atoms with van der Waals surface area (Å²) < 4.78 is 28.8. The van der Waals surface area contributed by atoms with Crippen LogP contribution in [0.2, 0.25) is 0 Å². The van der Waals surface area contributed by atoms with Gasteiger partial charge in [0.25, 0.3) is 0 Å². The number of imidazole rings is 1. The lowest BCUT2D eigenvalue weighted by Crippen LogP contribution is -2.58. The smallest absolute Gasteiger partial charge is 0.174 e. The number of halogens is 2. The highest BCUT2D eigenvalue weighted by atomic mass is 19.1. The van der Waals surface area contributed by atoms with Crippen LogP contribution in [0.3, 0.4) is 0 Å². The fourth-order valence-corrected chi connectivity index (χ4v) is 3.82. The van der Waals surface area contributed by atoms with Crippen LogP contribution in [-0.4, -0.2) is 21.4 Å². The molecule has 1 atom stereocenters. The zero-order valence-corrected chi connectivity index (χ0v) is 14.3. The van der Waals surface area contributed by atoms with E-state index in [0.29, 0.717) is 17.2 Å². The quantitative estimate of drug-likeness (QED) is 0.674. The summed E-state index contributed by atoms with van der Waals surface area (Å²) in [6.07, 6.45) is 8.94. The lowest BCUT2D eigenvalue weighted by Gasteiger charge is -2.42. The number of hydrogen-bond acceptors (Lipinski definition) is 5. The highest BCUT2D eigenvalue weighted by Gasteiger charge is 2.39. The van der Waals surface area contributed by atoms with Crippen LogP contribution in [0.1, 0.15) is 31.5 Å². The van der Waals surface area contributed by atoms with E-state index >= 15 is 0 Å². The maximum Gasteiger partial charge on any atom is 0.174 e. The molecule has 0 saturated heterocycles. The van der Waals surface area contributed by atoms with E-state index in [2.05, 4.69) is 15.7 Å². The average Bonchev–Trinajstić information content (AvgIpc) is 3.02. The Balaban J connectivity index is 1.67. The molecule has 1 fully saturated rings. The normalized spacial score (nSPS) is 28.1. The Bertz CT molecular complexity index is 820.